The molecule has 0 saturated carbocycles. The van der Waals surface area contributed by atoms with Crippen molar-refractivity contribution >= 4 is 42.5 Å². The van der Waals surface area contributed by atoms with Gasteiger partial charge in [-0.05, 0) is 39.6 Å². The first-order valence-electron chi connectivity index (χ1n) is 19.4. The lowest BCUT2D eigenvalue weighted by atomic mass is 9.96. The highest BCUT2D eigenvalue weighted by Crippen LogP contribution is 2.42. The van der Waals surface area contributed by atoms with E-state index in [4.69, 9.17) is 29.9 Å². The Morgan fingerprint density at radius 2 is 0.831 bits per heavy atom. The first-order valence-corrected chi connectivity index (χ1v) is 20.3. The minimum absolute atomic E-state index is 0.631. The van der Waals surface area contributed by atoms with Crippen molar-refractivity contribution in [1.82, 2.24) is 29.9 Å². The van der Waals surface area contributed by atoms with Gasteiger partial charge in [0.25, 0.3) is 0 Å². The molecule has 0 aliphatic rings. The number of nitrogens with zero attached hydrogens (tertiary/aromatic N) is 6. The van der Waals surface area contributed by atoms with E-state index in [9.17, 15) is 0 Å². The predicted molar refractivity (Wildman–Crippen MR) is 242 cm³/mol. The van der Waals surface area contributed by atoms with Crippen LogP contribution in [0.4, 0.5) is 0 Å². The van der Waals surface area contributed by atoms with Crippen LogP contribution in [0.5, 0.6) is 0 Å². The van der Waals surface area contributed by atoms with Gasteiger partial charge < -0.3 is 0 Å². The van der Waals surface area contributed by atoms with Crippen LogP contribution in [-0.4, -0.2) is 29.9 Å². The molecule has 6 nitrogen and oxygen atoms in total. The lowest BCUT2D eigenvalue weighted by molar-refractivity contribution is 1.07. The van der Waals surface area contributed by atoms with Crippen molar-refractivity contribution in [2.45, 2.75) is 0 Å². The molecule has 0 atom stereocenters. The van der Waals surface area contributed by atoms with Gasteiger partial charge in [0.15, 0.2) is 23.3 Å². The molecule has 7 aromatic carbocycles. The van der Waals surface area contributed by atoms with Gasteiger partial charge in [-0.25, -0.2) is 29.9 Å². The molecule has 7 heteroatoms. The van der Waals surface area contributed by atoms with E-state index < -0.39 is 0 Å². The average molecular weight is 773 g/mol. The maximum atomic E-state index is 5.29. The van der Waals surface area contributed by atoms with Gasteiger partial charge in [-0.1, -0.05) is 176 Å². The summed E-state index contributed by atoms with van der Waals surface area (Å²) in [5.41, 5.74) is 11.1. The molecule has 0 amide bonds. The molecule has 0 aliphatic heterocycles. The minimum Gasteiger partial charge on any atom is -0.245 e. The van der Waals surface area contributed by atoms with E-state index in [1.807, 2.05) is 91.1 Å². The highest BCUT2D eigenvalue weighted by Gasteiger charge is 2.20. The Kier molecular flexibility index (Phi) is 8.56. The second kappa shape index (κ2) is 14.6. The fraction of sp³-hybridized carbons (Fsp3) is 0. The number of aromatic nitrogens is 6. The summed E-state index contributed by atoms with van der Waals surface area (Å²) in [5.74, 6) is 2.61. The van der Waals surface area contributed by atoms with Crippen molar-refractivity contribution < 1.29 is 0 Å². The van der Waals surface area contributed by atoms with E-state index in [-0.39, 0.29) is 0 Å². The highest BCUT2D eigenvalue weighted by atomic mass is 32.1. The van der Waals surface area contributed by atoms with Gasteiger partial charge in [0, 0.05) is 45.0 Å². The van der Waals surface area contributed by atoms with Crippen molar-refractivity contribution in [3.8, 4) is 79.1 Å². The zero-order valence-corrected chi connectivity index (χ0v) is 32.4. The third kappa shape index (κ3) is 6.49. The van der Waals surface area contributed by atoms with E-state index >= 15 is 0 Å². The van der Waals surface area contributed by atoms with E-state index in [0.717, 1.165) is 87.0 Å². The first kappa shape index (κ1) is 34.5. The van der Waals surface area contributed by atoms with E-state index in [1.54, 1.807) is 11.3 Å². The third-order valence-electron chi connectivity index (χ3n) is 10.6. The predicted octanol–water partition coefficient (Wildman–Crippen LogP) is 13.2. The largest absolute Gasteiger partial charge is 0.245 e. The zero-order valence-electron chi connectivity index (χ0n) is 31.6. The van der Waals surface area contributed by atoms with Crippen LogP contribution in [0.3, 0.4) is 0 Å². The van der Waals surface area contributed by atoms with Crippen LogP contribution in [0.25, 0.3) is 110 Å². The topological polar surface area (TPSA) is 77.3 Å². The number of hydrogen-bond donors (Lipinski definition) is 0. The number of fused-ring (bicyclic) bond motifs is 4. The molecular weight excluding hydrogens is 741 g/mol. The SMILES string of the molecule is c1ccc(-c2cnc3sc4c(-c5cccc6cc(-c7ccc(-c8nc(-c9ccccc9)nc(-c9ccccc9)n8)cc7)ccc56)nc(-c5ccccc5)nc4c3c2)cc1. The third-order valence-corrected chi connectivity index (χ3v) is 11.7. The summed E-state index contributed by atoms with van der Waals surface area (Å²) in [6.07, 6.45) is 1.96. The summed E-state index contributed by atoms with van der Waals surface area (Å²) in [7, 11) is 0. The van der Waals surface area contributed by atoms with Crippen molar-refractivity contribution in [1.29, 1.82) is 0 Å². The zero-order chi connectivity index (χ0) is 39.1. The van der Waals surface area contributed by atoms with Crippen molar-refractivity contribution in [3.05, 3.63) is 194 Å². The van der Waals surface area contributed by atoms with Crippen LogP contribution in [0, 0.1) is 0 Å². The number of pyridine rings is 1. The summed E-state index contributed by atoms with van der Waals surface area (Å²) in [6, 6.07) is 64.5. The molecule has 11 rings (SSSR count). The molecule has 0 radical (unpaired) electrons. The quantitative estimate of drug-likeness (QED) is 0.161. The van der Waals surface area contributed by atoms with Crippen molar-refractivity contribution in [3.63, 3.8) is 0 Å². The Morgan fingerprint density at radius 1 is 0.339 bits per heavy atom. The molecule has 0 saturated heterocycles. The summed E-state index contributed by atoms with van der Waals surface area (Å²) in [6.45, 7) is 0. The van der Waals surface area contributed by atoms with Crippen LogP contribution in [-0.2, 0) is 0 Å². The molecular formula is C52H32N6S. The van der Waals surface area contributed by atoms with Crippen molar-refractivity contribution in [2.75, 3.05) is 0 Å². The number of benzene rings is 7. The molecule has 4 heterocycles. The van der Waals surface area contributed by atoms with E-state index in [1.165, 1.54) is 0 Å². The summed E-state index contributed by atoms with van der Waals surface area (Å²) < 4.78 is 1.02. The van der Waals surface area contributed by atoms with Gasteiger partial charge in [0.1, 0.15) is 4.83 Å². The van der Waals surface area contributed by atoms with Crippen LogP contribution >= 0.6 is 11.3 Å². The molecule has 276 valence electrons. The second-order valence-electron chi connectivity index (χ2n) is 14.3. The van der Waals surface area contributed by atoms with Crippen molar-refractivity contribution in [2.24, 2.45) is 0 Å². The number of rotatable bonds is 7. The monoisotopic (exact) mass is 772 g/mol. The average Bonchev–Trinajstić information content (AvgIpc) is 3.70. The maximum Gasteiger partial charge on any atom is 0.164 e. The molecule has 0 unspecified atom stereocenters. The fourth-order valence-corrected chi connectivity index (χ4v) is 8.70. The lowest BCUT2D eigenvalue weighted by Gasteiger charge is -2.12. The highest BCUT2D eigenvalue weighted by molar-refractivity contribution is 7.25. The molecule has 0 N–H and O–H groups in total. The Balaban J connectivity index is 0.994. The lowest BCUT2D eigenvalue weighted by Crippen LogP contribution is -2.00. The van der Waals surface area contributed by atoms with Crippen LogP contribution in [0.2, 0.25) is 0 Å². The standard InChI is InChI=1S/C52H32N6S/c1-5-14-33(15-6-1)41-31-44-46-47(59-52(44)53-32-41)45(54-48(55-46)35-16-7-2-8-17-35)43-23-13-22-40-30-39(28-29-42(40)43)34-24-26-38(27-25-34)51-57-49(36-18-9-3-10-19-36)56-50(58-51)37-20-11-4-12-21-37/h1-32H. The fourth-order valence-electron chi connectivity index (χ4n) is 7.64. The Bertz CT molecular complexity index is 3240. The van der Waals surface area contributed by atoms with Gasteiger partial charge in [0.05, 0.1) is 15.9 Å². The summed E-state index contributed by atoms with van der Waals surface area (Å²) >= 11 is 1.65. The molecule has 0 fully saturated rings. The van der Waals surface area contributed by atoms with Gasteiger partial charge in [-0.3, -0.25) is 0 Å². The number of thiophene rings is 1. The molecule has 4 aromatic heterocycles. The molecule has 11 aromatic rings. The smallest absolute Gasteiger partial charge is 0.164 e. The Labute approximate surface area is 344 Å². The Hall–Kier alpha value is -7.74. The normalized spacial score (nSPS) is 11.4. The maximum absolute atomic E-state index is 5.29. The molecule has 0 spiro atoms. The Morgan fingerprint density at radius 3 is 1.42 bits per heavy atom. The first-order chi connectivity index (χ1) is 29.2. The molecule has 0 bridgehead atoms. The van der Waals surface area contributed by atoms with Gasteiger partial charge in [-0.15, -0.1) is 11.3 Å². The van der Waals surface area contributed by atoms with Gasteiger partial charge in [0.2, 0.25) is 0 Å². The number of hydrogen-bond acceptors (Lipinski definition) is 7. The van der Waals surface area contributed by atoms with Gasteiger partial charge >= 0.3 is 0 Å². The van der Waals surface area contributed by atoms with Crippen LogP contribution in [0.15, 0.2) is 194 Å². The van der Waals surface area contributed by atoms with Crippen LogP contribution < -0.4 is 0 Å². The van der Waals surface area contributed by atoms with Gasteiger partial charge in [-0.2, -0.15) is 0 Å². The van der Waals surface area contributed by atoms with Crippen LogP contribution in [0.1, 0.15) is 0 Å². The second-order valence-corrected chi connectivity index (χ2v) is 15.3. The molecule has 0 aliphatic carbocycles. The molecule has 59 heavy (non-hydrogen) atoms. The van der Waals surface area contributed by atoms with E-state index in [2.05, 4.69) is 103 Å². The summed E-state index contributed by atoms with van der Waals surface area (Å²) in [5, 5.41) is 3.28. The summed E-state index contributed by atoms with van der Waals surface area (Å²) in [4.78, 5) is 31.1. The minimum atomic E-state index is 0.631. The van der Waals surface area contributed by atoms with E-state index in [0.29, 0.717) is 23.3 Å².